The largest absolute Gasteiger partial charge is 0.473 e. The van der Waals surface area contributed by atoms with E-state index in [2.05, 4.69) is 20.9 Å². The Morgan fingerprint density at radius 2 is 1.86 bits per heavy atom. The van der Waals surface area contributed by atoms with E-state index >= 15 is 0 Å². The number of carbonyl (C=O) groups excluding carboxylic acids is 1. The minimum absolute atomic E-state index is 0.135. The fourth-order valence-corrected chi connectivity index (χ4v) is 3.59. The van der Waals surface area contributed by atoms with Crippen LogP contribution in [0.1, 0.15) is 57.5 Å². The van der Waals surface area contributed by atoms with E-state index < -0.39 is 0 Å². The van der Waals surface area contributed by atoms with Crippen LogP contribution in [-0.4, -0.2) is 64.0 Å². The lowest BCUT2D eigenvalue weighted by molar-refractivity contribution is 0.0506. The van der Waals surface area contributed by atoms with Crippen molar-refractivity contribution < 1.29 is 23.7 Å². The molecule has 1 saturated heterocycles. The Balaban J connectivity index is 1.64. The van der Waals surface area contributed by atoms with E-state index in [4.69, 9.17) is 25.4 Å². The molecule has 1 aliphatic rings. The SMILES string of the molecule is C#Cc1c(Oc2ccc(CCOC(C)C)nc2C)ncnc1OC1CCN(C(=O)OC(C)C)CC1. The molecule has 1 fully saturated rings. The summed E-state index contributed by atoms with van der Waals surface area (Å²) in [5.74, 6) is 3.67. The van der Waals surface area contributed by atoms with Gasteiger partial charge in [0.25, 0.3) is 0 Å². The first kappa shape index (κ1) is 26.2. The highest BCUT2D eigenvalue weighted by Gasteiger charge is 2.27. The van der Waals surface area contributed by atoms with Crippen LogP contribution in [0.4, 0.5) is 4.79 Å². The van der Waals surface area contributed by atoms with Gasteiger partial charge in [-0.05, 0) is 46.8 Å². The van der Waals surface area contributed by atoms with Crippen LogP contribution in [0.2, 0.25) is 0 Å². The Bertz CT molecular complexity index is 1040. The molecule has 3 rings (SSSR count). The van der Waals surface area contributed by atoms with Crippen molar-refractivity contribution in [3.05, 3.63) is 35.4 Å². The van der Waals surface area contributed by atoms with E-state index in [1.807, 2.05) is 46.8 Å². The van der Waals surface area contributed by atoms with Gasteiger partial charge in [0.05, 0.1) is 24.5 Å². The minimum Gasteiger partial charge on any atom is -0.473 e. The smallest absolute Gasteiger partial charge is 0.410 e. The van der Waals surface area contributed by atoms with Crippen molar-refractivity contribution in [1.82, 2.24) is 19.9 Å². The molecule has 0 spiro atoms. The molecule has 2 aromatic heterocycles. The van der Waals surface area contributed by atoms with Gasteiger partial charge in [-0.15, -0.1) is 6.42 Å². The van der Waals surface area contributed by atoms with Gasteiger partial charge in [0.15, 0.2) is 5.75 Å². The lowest BCUT2D eigenvalue weighted by Crippen LogP contribution is -2.42. The van der Waals surface area contributed by atoms with Gasteiger partial charge in [0, 0.05) is 38.0 Å². The molecule has 0 atom stereocenters. The Morgan fingerprint density at radius 3 is 2.49 bits per heavy atom. The minimum atomic E-state index is -0.303. The summed E-state index contributed by atoms with van der Waals surface area (Å²) in [6.07, 6.45) is 8.73. The Morgan fingerprint density at radius 1 is 1.14 bits per heavy atom. The highest BCUT2D eigenvalue weighted by Crippen LogP contribution is 2.30. The molecular weight excluding hydrogens is 448 g/mol. The third kappa shape index (κ3) is 7.55. The van der Waals surface area contributed by atoms with Crippen LogP contribution in [0.25, 0.3) is 0 Å². The van der Waals surface area contributed by atoms with Crippen LogP contribution >= 0.6 is 0 Å². The average Bonchev–Trinajstić information content (AvgIpc) is 2.81. The summed E-state index contributed by atoms with van der Waals surface area (Å²) < 4.78 is 23.0. The first-order valence-electron chi connectivity index (χ1n) is 12.0. The lowest BCUT2D eigenvalue weighted by Gasteiger charge is -2.31. The van der Waals surface area contributed by atoms with Gasteiger partial charge >= 0.3 is 6.09 Å². The van der Waals surface area contributed by atoms with Crippen LogP contribution in [-0.2, 0) is 15.9 Å². The zero-order valence-electron chi connectivity index (χ0n) is 21.1. The number of ether oxygens (including phenoxy) is 4. The van der Waals surface area contributed by atoms with Crippen molar-refractivity contribution in [3.8, 4) is 29.9 Å². The van der Waals surface area contributed by atoms with Gasteiger partial charge in [-0.2, -0.15) is 0 Å². The molecule has 0 radical (unpaired) electrons. The van der Waals surface area contributed by atoms with Gasteiger partial charge in [-0.3, -0.25) is 4.98 Å². The maximum Gasteiger partial charge on any atom is 0.410 e. The van der Waals surface area contributed by atoms with E-state index in [1.165, 1.54) is 6.33 Å². The first-order chi connectivity index (χ1) is 16.8. The summed E-state index contributed by atoms with van der Waals surface area (Å²) in [6, 6.07) is 3.75. The van der Waals surface area contributed by atoms with Crippen molar-refractivity contribution in [1.29, 1.82) is 0 Å². The number of carbonyl (C=O) groups is 1. The molecule has 0 unspecified atom stereocenters. The number of terminal acetylenes is 1. The number of pyridine rings is 1. The molecule has 1 amide bonds. The normalized spacial score (nSPS) is 14.2. The van der Waals surface area contributed by atoms with Crippen molar-refractivity contribution in [2.75, 3.05) is 19.7 Å². The second kappa shape index (κ2) is 12.4. The summed E-state index contributed by atoms with van der Waals surface area (Å²) in [5, 5.41) is 0. The highest BCUT2D eigenvalue weighted by atomic mass is 16.6. The zero-order valence-corrected chi connectivity index (χ0v) is 21.1. The maximum absolute atomic E-state index is 12.1. The van der Waals surface area contributed by atoms with E-state index in [0.717, 1.165) is 11.4 Å². The molecular formula is C26H34N4O5. The molecule has 1 aliphatic heterocycles. The Kier molecular flexibility index (Phi) is 9.26. The Hall–Kier alpha value is -3.38. The number of piperidine rings is 1. The van der Waals surface area contributed by atoms with Gasteiger partial charge < -0.3 is 23.8 Å². The molecule has 0 aliphatic carbocycles. The fraction of sp³-hybridized carbons (Fsp3) is 0.538. The predicted molar refractivity (Wildman–Crippen MR) is 131 cm³/mol. The second-order valence-corrected chi connectivity index (χ2v) is 8.90. The lowest BCUT2D eigenvalue weighted by atomic mass is 10.1. The summed E-state index contributed by atoms with van der Waals surface area (Å²) >= 11 is 0. The van der Waals surface area contributed by atoms with Gasteiger partial charge in [-0.1, -0.05) is 5.92 Å². The third-order valence-electron chi connectivity index (χ3n) is 5.35. The van der Waals surface area contributed by atoms with Crippen molar-refractivity contribution in [3.63, 3.8) is 0 Å². The summed E-state index contributed by atoms with van der Waals surface area (Å²) in [4.78, 5) is 26.8. The number of hydrogen-bond donors (Lipinski definition) is 0. The van der Waals surface area contributed by atoms with Crippen LogP contribution in [0.3, 0.4) is 0 Å². The van der Waals surface area contributed by atoms with Crippen molar-refractivity contribution in [2.45, 2.75) is 72.2 Å². The number of aromatic nitrogens is 3. The average molecular weight is 483 g/mol. The molecule has 0 saturated carbocycles. The highest BCUT2D eigenvalue weighted by molar-refractivity contribution is 5.67. The van der Waals surface area contributed by atoms with Gasteiger partial charge in [0.2, 0.25) is 11.8 Å². The molecule has 0 aromatic carbocycles. The molecule has 188 valence electrons. The second-order valence-electron chi connectivity index (χ2n) is 8.90. The number of amides is 1. The first-order valence-corrected chi connectivity index (χ1v) is 12.0. The summed E-state index contributed by atoms with van der Waals surface area (Å²) in [7, 11) is 0. The van der Waals surface area contributed by atoms with Crippen molar-refractivity contribution in [2.24, 2.45) is 0 Å². The fourth-order valence-electron chi connectivity index (χ4n) is 3.59. The molecule has 3 heterocycles. The topological polar surface area (TPSA) is 95.9 Å². The molecule has 9 heteroatoms. The predicted octanol–water partition coefficient (Wildman–Crippen LogP) is 4.31. The Labute approximate surface area is 207 Å². The van der Waals surface area contributed by atoms with Crippen LogP contribution in [0, 0.1) is 19.3 Å². The number of nitrogens with zero attached hydrogens (tertiary/aromatic N) is 4. The third-order valence-corrected chi connectivity index (χ3v) is 5.35. The van der Waals surface area contributed by atoms with Crippen LogP contribution in [0.15, 0.2) is 18.5 Å². The number of aryl methyl sites for hydroxylation is 1. The van der Waals surface area contributed by atoms with Crippen LogP contribution < -0.4 is 9.47 Å². The number of rotatable bonds is 9. The molecule has 0 N–H and O–H groups in total. The maximum atomic E-state index is 12.1. The standard InChI is InChI=1S/C26H34N4O5/c1-7-22-24(34-21-10-13-30(14-11-21)26(31)33-18(4)5)27-16-28-25(22)35-23-9-8-20(29-19(23)6)12-15-32-17(2)3/h1,8-9,16-18,21H,10-15H2,2-6H3. The number of hydrogen-bond acceptors (Lipinski definition) is 8. The van der Waals surface area contributed by atoms with Gasteiger partial charge in [0.1, 0.15) is 18.0 Å². The zero-order chi connectivity index (χ0) is 25.4. The molecule has 2 aromatic rings. The van der Waals surface area contributed by atoms with Crippen LogP contribution in [0.5, 0.6) is 17.5 Å². The van der Waals surface area contributed by atoms with Crippen molar-refractivity contribution >= 4 is 6.09 Å². The van der Waals surface area contributed by atoms with E-state index in [0.29, 0.717) is 50.3 Å². The van der Waals surface area contributed by atoms with E-state index in [-0.39, 0.29) is 36.2 Å². The van der Waals surface area contributed by atoms with Gasteiger partial charge in [-0.25, -0.2) is 14.8 Å². The quantitative estimate of drug-likeness (QED) is 0.488. The molecule has 9 nitrogen and oxygen atoms in total. The summed E-state index contributed by atoms with van der Waals surface area (Å²) in [6.45, 7) is 11.2. The number of likely N-dealkylation sites (tertiary alicyclic amines) is 1. The van der Waals surface area contributed by atoms with E-state index in [9.17, 15) is 4.79 Å². The molecule has 0 bridgehead atoms. The monoisotopic (exact) mass is 482 g/mol. The molecule has 35 heavy (non-hydrogen) atoms. The summed E-state index contributed by atoms with van der Waals surface area (Å²) in [5.41, 5.74) is 1.97. The van der Waals surface area contributed by atoms with E-state index in [1.54, 1.807) is 4.90 Å².